The summed E-state index contributed by atoms with van der Waals surface area (Å²) in [5.74, 6) is 1.07. The summed E-state index contributed by atoms with van der Waals surface area (Å²) in [4.78, 5) is 8.29. The fourth-order valence-corrected chi connectivity index (χ4v) is 3.59. The van der Waals surface area contributed by atoms with E-state index in [4.69, 9.17) is 13.7 Å². The van der Waals surface area contributed by atoms with Gasteiger partial charge in [0.1, 0.15) is 19.5 Å². The Hall–Kier alpha value is -2.71. The van der Waals surface area contributed by atoms with Crippen LogP contribution in [0.3, 0.4) is 0 Å². The predicted octanol–water partition coefficient (Wildman–Crippen LogP) is 2.48. The van der Waals surface area contributed by atoms with Crippen LogP contribution < -0.4 is 9.47 Å². The van der Waals surface area contributed by atoms with Gasteiger partial charge in [0.25, 0.3) is 10.1 Å². The molecule has 0 radical (unpaired) electrons. The number of ether oxygens (including phenoxy) is 2. The molecule has 0 spiro atoms. The van der Waals surface area contributed by atoms with Crippen LogP contribution in [0.25, 0.3) is 10.9 Å². The van der Waals surface area contributed by atoms with Gasteiger partial charge in [0.05, 0.1) is 15.8 Å². The molecule has 0 fully saturated rings. The molecule has 1 aliphatic heterocycles. The molecule has 2 aromatic carbocycles. The van der Waals surface area contributed by atoms with Gasteiger partial charge in [0, 0.05) is 6.20 Å². The van der Waals surface area contributed by atoms with Gasteiger partial charge in [-0.05, 0) is 31.2 Å². The lowest BCUT2D eigenvalue weighted by atomic mass is 10.2. The molecule has 0 aliphatic carbocycles. The minimum absolute atomic E-state index is 0.110. The van der Waals surface area contributed by atoms with Gasteiger partial charge in [-0.2, -0.15) is 8.42 Å². The minimum Gasteiger partial charge on any atom is -0.486 e. The molecular formula is C18H16N2O5S. The largest absolute Gasteiger partial charge is 0.486 e. The molecule has 2 heterocycles. The van der Waals surface area contributed by atoms with Crippen LogP contribution in [0.2, 0.25) is 0 Å². The lowest BCUT2D eigenvalue weighted by Gasteiger charge is -2.26. The fraction of sp³-hybridized carbons (Fsp3) is 0.222. The molecule has 1 atom stereocenters. The van der Waals surface area contributed by atoms with Crippen LogP contribution in [0, 0.1) is 6.92 Å². The van der Waals surface area contributed by atoms with E-state index in [2.05, 4.69) is 9.97 Å². The molecule has 1 aromatic heterocycles. The summed E-state index contributed by atoms with van der Waals surface area (Å²) in [7, 11) is -3.86. The van der Waals surface area contributed by atoms with Gasteiger partial charge >= 0.3 is 0 Å². The van der Waals surface area contributed by atoms with Crippen LogP contribution in [-0.2, 0) is 14.3 Å². The van der Waals surface area contributed by atoms with Gasteiger partial charge in [0.2, 0.25) is 0 Å². The molecule has 0 amide bonds. The molecular weight excluding hydrogens is 356 g/mol. The van der Waals surface area contributed by atoms with Crippen molar-refractivity contribution in [3.8, 4) is 11.5 Å². The monoisotopic (exact) mass is 372 g/mol. The van der Waals surface area contributed by atoms with Crippen molar-refractivity contribution >= 4 is 21.0 Å². The van der Waals surface area contributed by atoms with E-state index in [1.165, 1.54) is 18.5 Å². The SMILES string of the molecule is Cc1ccc(S(=O)(=O)OC[C@H]2COc3ccc4ncncc4c3O2)cc1. The third kappa shape index (κ3) is 3.21. The summed E-state index contributed by atoms with van der Waals surface area (Å²) in [6.45, 7) is 1.92. The van der Waals surface area contributed by atoms with Gasteiger partial charge in [-0.15, -0.1) is 0 Å². The van der Waals surface area contributed by atoms with Crippen LogP contribution in [0.5, 0.6) is 11.5 Å². The standard InChI is InChI=1S/C18H16N2O5S/c1-12-2-4-14(5-3-12)26(21,22)24-10-13-9-23-17-7-6-16-15(18(17)25-13)8-19-11-20-16/h2-8,11,13H,9-10H2,1H3/t13-/m1/s1. The van der Waals surface area contributed by atoms with Crippen molar-refractivity contribution in [2.75, 3.05) is 13.2 Å². The zero-order chi connectivity index (χ0) is 18.1. The van der Waals surface area contributed by atoms with Crippen molar-refractivity contribution in [3.63, 3.8) is 0 Å². The highest BCUT2D eigenvalue weighted by atomic mass is 32.2. The van der Waals surface area contributed by atoms with Crippen molar-refractivity contribution in [2.45, 2.75) is 17.9 Å². The van der Waals surface area contributed by atoms with Crippen LogP contribution in [-0.4, -0.2) is 37.7 Å². The molecule has 26 heavy (non-hydrogen) atoms. The molecule has 134 valence electrons. The van der Waals surface area contributed by atoms with E-state index < -0.39 is 16.2 Å². The first-order chi connectivity index (χ1) is 12.5. The topological polar surface area (TPSA) is 87.6 Å². The zero-order valence-corrected chi connectivity index (χ0v) is 14.8. The first-order valence-corrected chi connectivity index (χ1v) is 9.42. The average molecular weight is 372 g/mol. The Morgan fingerprint density at radius 2 is 2.00 bits per heavy atom. The highest BCUT2D eigenvalue weighted by Gasteiger charge is 2.26. The summed E-state index contributed by atoms with van der Waals surface area (Å²) < 4.78 is 41.3. The minimum atomic E-state index is -3.86. The van der Waals surface area contributed by atoms with Gasteiger partial charge in [-0.25, -0.2) is 9.97 Å². The zero-order valence-electron chi connectivity index (χ0n) is 14.0. The van der Waals surface area contributed by atoms with E-state index in [0.29, 0.717) is 16.9 Å². The second-order valence-electron chi connectivity index (χ2n) is 5.95. The maximum atomic E-state index is 12.3. The Kier molecular flexibility index (Phi) is 4.21. The number of nitrogens with zero attached hydrogens (tertiary/aromatic N) is 2. The number of aryl methyl sites for hydroxylation is 1. The summed E-state index contributed by atoms with van der Waals surface area (Å²) in [5.41, 5.74) is 1.69. The lowest BCUT2D eigenvalue weighted by Crippen LogP contribution is -2.34. The maximum absolute atomic E-state index is 12.3. The Morgan fingerprint density at radius 1 is 1.19 bits per heavy atom. The van der Waals surface area contributed by atoms with Crippen molar-refractivity contribution in [1.82, 2.24) is 9.97 Å². The smallest absolute Gasteiger partial charge is 0.297 e. The Balaban J connectivity index is 1.51. The summed E-state index contributed by atoms with van der Waals surface area (Å²) in [5, 5.41) is 0.705. The first kappa shape index (κ1) is 16.7. The summed E-state index contributed by atoms with van der Waals surface area (Å²) >= 11 is 0. The third-order valence-corrected chi connectivity index (χ3v) is 5.33. The molecule has 0 saturated heterocycles. The Bertz CT molecular complexity index is 1050. The summed E-state index contributed by atoms with van der Waals surface area (Å²) in [6, 6.07) is 10.1. The van der Waals surface area contributed by atoms with E-state index in [9.17, 15) is 8.42 Å². The highest BCUT2D eigenvalue weighted by molar-refractivity contribution is 7.86. The molecule has 0 N–H and O–H groups in total. The number of rotatable bonds is 4. The summed E-state index contributed by atoms with van der Waals surface area (Å²) in [6.07, 6.45) is 2.53. The molecule has 0 unspecified atom stereocenters. The molecule has 1 aliphatic rings. The van der Waals surface area contributed by atoms with E-state index in [0.717, 1.165) is 11.1 Å². The van der Waals surface area contributed by atoms with Gasteiger partial charge in [-0.3, -0.25) is 4.18 Å². The fourth-order valence-electron chi connectivity index (χ4n) is 2.65. The van der Waals surface area contributed by atoms with Gasteiger partial charge < -0.3 is 9.47 Å². The van der Waals surface area contributed by atoms with Crippen LogP contribution in [0.1, 0.15) is 5.56 Å². The number of fused-ring (bicyclic) bond motifs is 3. The Morgan fingerprint density at radius 3 is 2.81 bits per heavy atom. The van der Waals surface area contributed by atoms with Crippen LogP contribution in [0.15, 0.2) is 53.8 Å². The Labute approximate surface area is 150 Å². The number of benzene rings is 2. The lowest BCUT2D eigenvalue weighted by molar-refractivity contribution is 0.0571. The quantitative estimate of drug-likeness (QED) is 0.650. The maximum Gasteiger partial charge on any atom is 0.297 e. The molecule has 8 heteroatoms. The molecule has 3 aromatic rings. The molecule has 7 nitrogen and oxygen atoms in total. The third-order valence-electron chi connectivity index (χ3n) is 4.03. The highest BCUT2D eigenvalue weighted by Crippen LogP contribution is 2.37. The van der Waals surface area contributed by atoms with Crippen LogP contribution in [0.4, 0.5) is 0 Å². The average Bonchev–Trinajstić information content (AvgIpc) is 2.66. The van der Waals surface area contributed by atoms with Gasteiger partial charge in [0.15, 0.2) is 17.6 Å². The van der Waals surface area contributed by atoms with Crippen molar-refractivity contribution in [1.29, 1.82) is 0 Å². The molecule has 4 rings (SSSR count). The molecule has 0 bridgehead atoms. The van der Waals surface area contributed by atoms with E-state index in [1.54, 1.807) is 24.4 Å². The van der Waals surface area contributed by atoms with E-state index in [1.807, 2.05) is 13.0 Å². The second-order valence-corrected chi connectivity index (χ2v) is 7.57. The van der Waals surface area contributed by atoms with E-state index in [-0.39, 0.29) is 18.1 Å². The number of aromatic nitrogens is 2. The molecule has 0 saturated carbocycles. The number of hydrogen-bond donors (Lipinski definition) is 0. The first-order valence-electron chi connectivity index (χ1n) is 8.01. The van der Waals surface area contributed by atoms with Crippen molar-refractivity contribution in [2.24, 2.45) is 0 Å². The predicted molar refractivity (Wildman–Crippen MR) is 93.8 cm³/mol. The number of hydrogen-bond acceptors (Lipinski definition) is 7. The van der Waals surface area contributed by atoms with Crippen LogP contribution >= 0.6 is 0 Å². The van der Waals surface area contributed by atoms with Gasteiger partial charge in [-0.1, -0.05) is 17.7 Å². The van der Waals surface area contributed by atoms with Crippen molar-refractivity contribution < 1.29 is 22.1 Å². The van der Waals surface area contributed by atoms with Crippen molar-refractivity contribution in [3.05, 3.63) is 54.5 Å². The van der Waals surface area contributed by atoms with E-state index >= 15 is 0 Å². The second kappa shape index (κ2) is 6.54. The normalized spacial score (nSPS) is 16.6.